The number of imidazole rings is 1. The lowest BCUT2D eigenvalue weighted by Crippen LogP contribution is -2.45. The minimum Gasteiger partial charge on any atom is -0.554 e. The first kappa shape index (κ1) is 39.3. The number of ether oxygens (including phenoxy) is 1. The number of likely N-dealkylation sites (tertiary alicyclic amines) is 2. The maximum absolute atomic E-state index is 13.4. The van der Waals surface area contributed by atoms with Gasteiger partial charge in [-0.05, 0) is 64.4 Å². The van der Waals surface area contributed by atoms with Gasteiger partial charge in [-0.3, -0.25) is 9.59 Å². The second-order valence-electron chi connectivity index (χ2n) is 12.8. The molecule has 16 heteroatoms. The Labute approximate surface area is 303 Å². The first-order valence-corrected chi connectivity index (χ1v) is 18.1. The molecular weight excluding hydrogens is 678 g/mol. The number of aryl methyl sites for hydroxylation is 1. The van der Waals surface area contributed by atoms with E-state index in [1.54, 1.807) is 0 Å². The lowest BCUT2D eigenvalue weighted by molar-refractivity contribution is -0.676. The van der Waals surface area contributed by atoms with E-state index in [1.165, 1.54) is 0 Å². The molecule has 278 valence electrons. The number of anilines is 2. The molecule has 0 saturated carbocycles. The van der Waals surface area contributed by atoms with Gasteiger partial charge in [0.2, 0.25) is 0 Å². The first-order chi connectivity index (χ1) is 24.5. The number of carboxylic acid groups (broad SMARTS) is 1. The molecule has 15 nitrogen and oxygen atoms in total. The van der Waals surface area contributed by atoms with Crippen molar-refractivity contribution in [2.24, 2.45) is 5.92 Å². The number of urea groups is 1. The van der Waals surface area contributed by atoms with Gasteiger partial charge in [0.1, 0.15) is 24.1 Å². The molecule has 2 fully saturated rings. The lowest BCUT2D eigenvalue weighted by Gasteiger charge is -2.31. The van der Waals surface area contributed by atoms with E-state index in [0.717, 1.165) is 62.2 Å². The minimum atomic E-state index is -0.500. The summed E-state index contributed by atoms with van der Waals surface area (Å²) in [6, 6.07) is 5.95. The summed E-state index contributed by atoms with van der Waals surface area (Å²) in [4.78, 5) is 59.5. The van der Waals surface area contributed by atoms with Crippen LogP contribution in [0.25, 0.3) is 11.0 Å². The van der Waals surface area contributed by atoms with Crippen LogP contribution in [-0.2, 0) is 22.6 Å². The number of benzene rings is 1. The zero-order chi connectivity index (χ0) is 37.1. The van der Waals surface area contributed by atoms with Gasteiger partial charge < -0.3 is 41.2 Å². The van der Waals surface area contributed by atoms with Gasteiger partial charge in [-0.25, -0.2) is 23.9 Å². The van der Waals surface area contributed by atoms with Crippen molar-refractivity contribution in [2.75, 3.05) is 57.3 Å². The summed E-state index contributed by atoms with van der Waals surface area (Å²) in [5.74, 6) is 1.77. The van der Waals surface area contributed by atoms with Gasteiger partial charge in [0.15, 0.2) is 39.4 Å². The molecule has 2 aliphatic heterocycles. The van der Waals surface area contributed by atoms with Crippen molar-refractivity contribution in [1.82, 2.24) is 29.7 Å². The van der Waals surface area contributed by atoms with Gasteiger partial charge in [0.25, 0.3) is 5.82 Å². The fourth-order valence-corrected chi connectivity index (χ4v) is 7.20. The molecule has 51 heavy (non-hydrogen) atoms. The number of nitrogens with two attached hydrogens (primary N) is 2. The number of ketones is 2. The summed E-state index contributed by atoms with van der Waals surface area (Å²) in [5, 5.41) is 11.1. The third-order valence-corrected chi connectivity index (χ3v) is 9.94. The van der Waals surface area contributed by atoms with Gasteiger partial charge in [-0.15, -0.1) is 0 Å². The zero-order valence-corrected chi connectivity index (χ0v) is 30.5. The van der Waals surface area contributed by atoms with E-state index in [4.69, 9.17) is 37.7 Å². The summed E-state index contributed by atoms with van der Waals surface area (Å²) in [7, 11) is 0. The molecule has 0 unspecified atom stereocenters. The summed E-state index contributed by atoms with van der Waals surface area (Å²) >= 11 is 6.07. The molecule has 2 amide bonds. The van der Waals surface area contributed by atoms with Crippen LogP contribution in [0.2, 0.25) is 5.15 Å². The maximum Gasteiger partial charge on any atom is 0.317 e. The lowest BCUT2D eigenvalue weighted by atomic mass is 9.92. The Morgan fingerprint density at radius 1 is 1.06 bits per heavy atom. The van der Waals surface area contributed by atoms with Crippen molar-refractivity contribution in [2.45, 2.75) is 78.3 Å². The highest BCUT2D eigenvalue weighted by Crippen LogP contribution is 2.31. The fraction of sp³-hybridized carbons (Fsp3) is 0.571. The number of Topliss-reactive ketones (excluding diaryl/α,β-unsaturated/α-hetero) is 2. The molecule has 0 atom stereocenters. The van der Waals surface area contributed by atoms with Crippen LogP contribution in [0.4, 0.5) is 16.4 Å². The molecule has 5 rings (SSSR count). The average Bonchev–Trinajstić information content (AvgIpc) is 3.44. The number of piperidine rings is 2. The van der Waals surface area contributed by atoms with E-state index in [2.05, 4.69) is 43.2 Å². The number of halogens is 1. The molecule has 3 aromatic rings. The molecular formula is C35H50ClN9O6. The second-order valence-corrected chi connectivity index (χ2v) is 13.2. The molecule has 0 spiro atoms. The number of hydrogen-bond donors (Lipinski definition) is 3. The summed E-state index contributed by atoms with van der Waals surface area (Å²) in [6.45, 7) is 11.3. The van der Waals surface area contributed by atoms with Crippen LogP contribution >= 0.6 is 11.6 Å². The molecule has 2 aromatic heterocycles. The third-order valence-electron chi connectivity index (χ3n) is 9.66. The monoisotopic (exact) mass is 727 g/mol. The molecule has 0 radical (unpaired) electrons. The van der Waals surface area contributed by atoms with Crippen molar-refractivity contribution < 1.29 is 33.6 Å². The van der Waals surface area contributed by atoms with E-state index >= 15 is 0 Å². The van der Waals surface area contributed by atoms with E-state index in [0.29, 0.717) is 50.7 Å². The van der Waals surface area contributed by atoms with E-state index in [1.807, 2.05) is 30.0 Å². The number of carbonyl (C=O) groups is 4. The van der Waals surface area contributed by atoms with Crippen LogP contribution in [0.1, 0.15) is 81.7 Å². The van der Waals surface area contributed by atoms with Crippen molar-refractivity contribution in [3.8, 4) is 5.75 Å². The number of nitrogens with zero attached hydrogens (tertiary/aromatic N) is 6. The molecule has 0 bridgehead atoms. The Balaban J connectivity index is 0.00000188. The number of hydrogen-bond acceptors (Lipinski definition) is 11. The van der Waals surface area contributed by atoms with Crippen molar-refractivity contribution >= 4 is 58.3 Å². The number of amides is 2. The van der Waals surface area contributed by atoms with Crippen LogP contribution in [0, 0.1) is 5.92 Å². The Bertz CT molecular complexity index is 1680. The highest BCUT2D eigenvalue weighted by Gasteiger charge is 2.34. The molecule has 4 heterocycles. The number of rotatable bonds is 13. The van der Waals surface area contributed by atoms with Crippen molar-refractivity contribution in [3.63, 3.8) is 0 Å². The Hall–Kier alpha value is -4.50. The van der Waals surface area contributed by atoms with Gasteiger partial charge in [-0.1, -0.05) is 18.5 Å². The smallest absolute Gasteiger partial charge is 0.317 e. The van der Waals surface area contributed by atoms with Crippen LogP contribution in [0.5, 0.6) is 5.75 Å². The minimum absolute atomic E-state index is 0.00595. The molecule has 5 N–H and O–H groups in total. The Kier molecular flexibility index (Phi) is 14.4. The number of nitrogen functional groups attached to an aromatic ring is 2. The maximum atomic E-state index is 13.4. The number of fused-ring (bicyclic) bond motifs is 1. The topological polar surface area (TPSA) is 206 Å². The largest absolute Gasteiger partial charge is 0.554 e. The molecule has 0 aliphatic carbocycles. The Morgan fingerprint density at radius 3 is 2.37 bits per heavy atom. The predicted molar refractivity (Wildman–Crippen MR) is 191 cm³/mol. The first-order valence-electron chi connectivity index (χ1n) is 17.7. The third kappa shape index (κ3) is 9.85. The second kappa shape index (κ2) is 18.7. The standard InChI is InChI=1S/C34H48ClN9O4.CH2O2/c1-4-38-34(47)42-17-13-23(14-18-42)44-27-20-25(48-21-24(45)19-22-11-15-41(5-2)16-12-22)7-8-26(27)43(6-3)29(44)10-9-28(46)30-32(36)40-33(37)31(35)39-30;2-1-3/h7-8,20,22-23H,4-6,9-19,21H2,1-3H3,(H4-,36,37,38,40,46,47);1H,(H,2,3). The van der Waals surface area contributed by atoms with Crippen molar-refractivity contribution in [3.05, 3.63) is 34.9 Å². The van der Waals surface area contributed by atoms with Gasteiger partial charge >= 0.3 is 6.03 Å². The Morgan fingerprint density at radius 2 is 1.75 bits per heavy atom. The number of aromatic nitrogens is 4. The molecule has 2 aliphatic rings. The van der Waals surface area contributed by atoms with Crippen LogP contribution < -0.4 is 31.2 Å². The molecule has 1 aromatic carbocycles. The van der Waals surface area contributed by atoms with Crippen molar-refractivity contribution in [1.29, 1.82) is 0 Å². The normalized spacial score (nSPS) is 15.6. The van der Waals surface area contributed by atoms with Crippen LogP contribution in [-0.4, -0.2) is 94.3 Å². The fourth-order valence-electron chi connectivity index (χ4n) is 7.07. The summed E-state index contributed by atoms with van der Waals surface area (Å²) < 4.78 is 10.6. The number of nitrogens with one attached hydrogen (secondary N) is 1. The molecule has 2 saturated heterocycles. The highest BCUT2D eigenvalue weighted by molar-refractivity contribution is 6.31. The van der Waals surface area contributed by atoms with Gasteiger partial charge in [-0.2, -0.15) is 0 Å². The van der Waals surface area contributed by atoms with E-state index < -0.39 is 6.47 Å². The average molecular weight is 728 g/mol. The van der Waals surface area contributed by atoms with Gasteiger partial charge in [0, 0.05) is 57.9 Å². The highest BCUT2D eigenvalue weighted by atomic mass is 35.5. The van der Waals surface area contributed by atoms with Crippen LogP contribution in [0.3, 0.4) is 0 Å². The van der Waals surface area contributed by atoms with E-state index in [9.17, 15) is 14.4 Å². The zero-order valence-electron chi connectivity index (χ0n) is 29.7. The number of carbonyl (C=O) groups excluding carboxylic acids is 4. The van der Waals surface area contributed by atoms with Crippen LogP contribution in [0.15, 0.2) is 18.2 Å². The van der Waals surface area contributed by atoms with Gasteiger partial charge in [0.05, 0.1) is 13.0 Å². The predicted octanol–water partition coefficient (Wildman–Crippen LogP) is 2.17. The SMILES string of the molecule is CCNC(=O)N1CCC(n2c(CCC(=O)c3nc(Cl)c(N)nc3N)[n+](CC)c3ccc(OCC(=O)CC4CCN(CC)CC4)cc32)CC1.O=C[O-]. The summed E-state index contributed by atoms with van der Waals surface area (Å²) in [5.41, 5.74) is 13.7. The quantitative estimate of drug-likeness (QED) is 0.132. The summed E-state index contributed by atoms with van der Waals surface area (Å²) in [6.07, 6.45) is 4.67. The van der Waals surface area contributed by atoms with E-state index in [-0.39, 0.29) is 59.1 Å².